The molecular weight excluding hydrogens is 528 g/mol. The van der Waals surface area contributed by atoms with Crippen molar-refractivity contribution >= 4 is 28.4 Å². The van der Waals surface area contributed by atoms with Crippen molar-refractivity contribution in [2.75, 3.05) is 58.2 Å². The number of likely N-dealkylation sites (tertiary alicyclic amines) is 1. The van der Waals surface area contributed by atoms with Crippen LogP contribution in [0.2, 0.25) is 0 Å². The van der Waals surface area contributed by atoms with E-state index in [4.69, 9.17) is 0 Å². The number of aromatic nitrogens is 2. The van der Waals surface area contributed by atoms with Gasteiger partial charge in [-0.3, -0.25) is 19.0 Å². The van der Waals surface area contributed by atoms with Crippen molar-refractivity contribution in [3.8, 4) is 0 Å². The monoisotopic (exact) mass is 572 g/mol. The Balaban J connectivity index is 1.14. The van der Waals surface area contributed by atoms with Gasteiger partial charge in [-0.2, -0.15) is 0 Å². The van der Waals surface area contributed by atoms with Gasteiger partial charge < -0.3 is 20.0 Å². The fourth-order valence-corrected chi connectivity index (χ4v) is 6.06. The van der Waals surface area contributed by atoms with Crippen molar-refractivity contribution < 1.29 is 9.59 Å². The molecule has 224 valence electrons. The van der Waals surface area contributed by atoms with Crippen LogP contribution in [0.1, 0.15) is 51.0 Å². The SMILES string of the molecule is C[C@H](CC(=O)N1CCC(C)(Cn2cnc3cc(NC(=O)CCN4CCN(C)CC4)ccc3c2=O)CC1)c1ccccc1. The van der Waals surface area contributed by atoms with Gasteiger partial charge in [0.15, 0.2) is 0 Å². The first-order chi connectivity index (χ1) is 20.2. The van der Waals surface area contributed by atoms with Gasteiger partial charge in [0.1, 0.15) is 0 Å². The van der Waals surface area contributed by atoms with E-state index >= 15 is 0 Å². The van der Waals surface area contributed by atoms with Crippen LogP contribution >= 0.6 is 0 Å². The van der Waals surface area contributed by atoms with Crippen LogP contribution in [0.4, 0.5) is 5.69 Å². The molecular formula is C33H44N6O3. The second kappa shape index (κ2) is 13.2. The molecule has 5 rings (SSSR count). The molecule has 1 N–H and O–H groups in total. The quantitative estimate of drug-likeness (QED) is 0.420. The summed E-state index contributed by atoms with van der Waals surface area (Å²) in [5.74, 6) is 0.347. The summed E-state index contributed by atoms with van der Waals surface area (Å²) in [6.45, 7) is 11.0. The maximum Gasteiger partial charge on any atom is 0.261 e. The predicted octanol–water partition coefficient (Wildman–Crippen LogP) is 3.80. The minimum atomic E-state index is -0.0985. The molecule has 0 spiro atoms. The summed E-state index contributed by atoms with van der Waals surface area (Å²) in [6, 6.07) is 15.5. The minimum absolute atomic E-state index is 0.0334. The number of nitrogens with zero attached hydrogens (tertiary/aromatic N) is 5. The summed E-state index contributed by atoms with van der Waals surface area (Å²) < 4.78 is 1.70. The highest BCUT2D eigenvalue weighted by atomic mass is 16.2. The van der Waals surface area contributed by atoms with Crippen LogP contribution < -0.4 is 10.9 Å². The predicted molar refractivity (Wildman–Crippen MR) is 167 cm³/mol. The molecule has 2 aliphatic heterocycles. The molecule has 0 bridgehead atoms. The third-order valence-corrected chi connectivity index (χ3v) is 9.08. The highest BCUT2D eigenvalue weighted by Gasteiger charge is 2.33. The summed E-state index contributed by atoms with van der Waals surface area (Å²) >= 11 is 0. The van der Waals surface area contributed by atoms with Crippen molar-refractivity contribution in [3.05, 3.63) is 70.8 Å². The topological polar surface area (TPSA) is 90.8 Å². The molecule has 0 radical (unpaired) electrons. The van der Waals surface area contributed by atoms with Crippen molar-refractivity contribution in [2.24, 2.45) is 5.41 Å². The van der Waals surface area contributed by atoms with E-state index in [1.165, 1.54) is 5.56 Å². The highest BCUT2D eigenvalue weighted by molar-refractivity contribution is 5.93. The van der Waals surface area contributed by atoms with E-state index < -0.39 is 0 Å². The van der Waals surface area contributed by atoms with Gasteiger partial charge in [-0.05, 0) is 55.0 Å². The van der Waals surface area contributed by atoms with Crippen LogP contribution in [0.15, 0.2) is 59.7 Å². The molecule has 42 heavy (non-hydrogen) atoms. The molecule has 1 atom stereocenters. The van der Waals surface area contributed by atoms with Crippen LogP contribution in [-0.4, -0.2) is 88.9 Å². The van der Waals surface area contributed by atoms with Crippen molar-refractivity contribution in [3.63, 3.8) is 0 Å². The molecule has 2 fully saturated rings. The number of rotatable bonds is 9. The first-order valence-corrected chi connectivity index (χ1v) is 15.2. The maximum atomic E-state index is 13.4. The Morgan fingerprint density at radius 3 is 2.43 bits per heavy atom. The fourth-order valence-electron chi connectivity index (χ4n) is 6.06. The Morgan fingerprint density at radius 1 is 1.00 bits per heavy atom. The lowest BCUT2D eigenvalue weighted by molar-refractivity contribution is -0.133. The van der Waals surface area contributed by atoms with Gasteiger partial charge in [0.05, 0.1) is 17.2 Å². The summed E-state index contributed by atoms with van der Waals surface area (Å²) in [5, 5.41) is 3.51. The fraction of sp³-hybridized carbons (Fsp3) is 0.515. The molecule has 2 aromatic carbocycles. The number of hydrogen-bond acceptors (Lipinski definition) is 6. The number of hydrogen-bond donors (Lipinski definition) is 1. The molecule has 2 amide bonds. The van der Waals surface area contributed by atoms with Crippen LogP contribution in [0.3, 0.4) is 0 Å². The number of nitrogens with one attached hydrogen (secondary N) is 1. The Hall–Kier alpha value is -3.56. The first-order valence-electron chi connectivity index (χ1n) is 15.2. The Morgan fingerprint density at radius 2 is 1.71 bits per heavy atom. The van der Waals surface area contributed by atoms with Crippen LogP contribution in [0.5, 0.6) is 0 Å². The molecule has 9 heteroatoms. The summed E-state index contributed by atoms with van der Waals surface area (Å²) in [6.07, 6.45) is 4.23. The van der Waals surface area contributed by atoms with E-state index in [0.717, 1.165) is 45.6 Å². The third-order valence-electron chi connectivity index (χ3n) is 9.08. The molecule has 3 aromatic rings. The molecule has 9 nitrogen and oxygen atoms in total. The number of fused-ring (bicyclic) bond motifs is 1. The summed E-state index contributed by atoms with van der Waals surface area (Å²) in [7, 11) is 2.12. The van der Waals surface area contributed by atoms with E-state index in [-0.39, 0.29) is 28.7 Å². The zero-order valence-electron chi connectivity index (χ0n) is 25.2. The third kappa shape index (κ3) is 7.44. The number of benzene rings is 2. The summed E-state index contributed by atoms with van der Waals surface area (Å²) in [4.78, 5) is 50.1. The Labute approximate surface area is 248 Å². The zero-order chi connectivity index (χ0) is 29.7. The Kier molecular flexibility index (Phi) is 9.38. The van der Waals surface area contributed by atoms with Crippen molar-refractivity contribution in [1.82, 2.24) is 24.3 Å². The molecule has 0 aliphatic carbocycles. The molecule has 1 aromatic heterocycles. The smallest absolute Gasteiger partial charge is 0.261 e. The van der Waals surface area contributed by atoms with Gasteiger partial charge in [0.25, 0.3) is 5.56 Å². The van der Waals surface area contributed by atoms with Crippen molar-refractivity contribution in [2.45, 2.75) is 52.0 Å². The number of piperidine rings is 1. The number of carbonyl (C=O) groups excluding carboxylic acids is 2. The van der Waals surface area contributed by atoms with Gasteiger partial charge in [-0.25, -0.2) is 4.98 Å². The normalized spacial score (nSPS) is 18.6. The molecule has 3 heterocycles. The van der Waals surface area contributed by atoms with E-state index in [1.807, 2.05) is 23.1 Å². The van der Waals surface area contributed by atoms with E-state index in [1.54, 1.807) is 29.1 Å². The van der Waals surface area contributed by atoms with Crippen molar-refractivity contribution in [1.29, 1.82) is 0 Å². The van der Waals surface area contributed by atoms with Gasteiger partial charge in [-0.15, -0.1) is 0 Å². The largest absolute Gasteiger partial charge is 0.343 e. The number of carbonyl (C=O) groups is 2. The lowest BCUT2D eigenvalue weighted by Crippen LogP contribution is -2.45. The second-order valence-electron chi connectivity index (χ2n) is 12.6. The van der Waals surface area contributed by atoms with Crippen LogP contribution in [0, 0.1) is 5.41 Å². The average molecular weight is 573 g/mol. The molecule has 0 unspecified atom stereocenters. The number of piperazine rings is 1. The molecule has 2 saturated heterocycles. The number of likely N-dealkylation sites (N-methyl/N-ethyl adjacent to an activating group) is 1. The lowest BCUT2D eigenvalue weighted by Gasteiger charge is -2.40. The average Bonchev–Trinajstić information content (AvgIpc) is 2.99. The molecule has 2 aliphatic rings. The van der Waals surface area contributed by atoms with Crippen LogP contribution in [-0.2, 0) is 16.1 Å². The molecule has 0 saturated carbocycles. The second-order valence-corrected chi connectivity index (χ2v) is 12.6. The van der Waals surface area contributed by atoms with Gasteiger partial charge in [0.2, 0.25) is 11.8 Å². The Bertz CT molecular complexity index is 1440. The van der Waals surface area contributed by atoms with Gasteiger partial charge >= 0.3 is 0 Å². The van der Waals surface area contributed by atoms with E-state index in [0.29, 0.717) is 49.1 Å². The van der Waals surface area contributed by atoms with Gasteiger partial charge in [0, 0.05) is 70.9 Å². The first kappa shape index (κ1) is 29.9. The lowest BCUT2D eigenvalue weighted by atomic mass is 9.80. The highest BCUT2D eigenvalue weighted by Crippen LogP contribution is 2.33. The van der Waals surface area contributed by atoms with Crippen LogP contribution in [0.25, 0.3) is 10.9 Å². The van der Waals surface area contributed by atoms with E-state index in [9.17, 15) is 14.4 Å². The standard InChI is InChI=1S/C33H44N6O3/c1-25(26-7-5-4-6-8-26)21-31(41)38-15-12-33(2,13-16-38)23-39-24-34-29-22-27(9-10-28(29)32(39)42)35-30(40)11-14-37-19-17-36(3)18-20-37/h4-10,22,24-25H,11-21,23H2,1-3H3,(H,35,40)/t25-/m1/s1. The zero-order valence-corrected chi connectivity index (χ0v) is 25.2. The number of amides is 2. The van der Waals surface area contributed by atoms with Gasteiger partial charge in [-0.1, -0.05) is 44.2 Å². The maximum absolute atomic E-state index is 13.4. The number of anilines is 1. The minimum Gasteiger partial charge on any atom is -0.343 e. The summed E-state index contributed by atoms with van der Waals surface area (Å²) in [5.41, 5.74) is 2.24. The van der Waals surface area contributed by atoms with E-state index in [2.05, 4.69) is 53.1 Å².